The van der Waals surface area contributed by atoms with Crippen molar-refractivity contribution < 1.29 is 9.32 Å². The number of hydrogen-bond acceptors (Lipinski definition) is 5. The highest BCUT2D eigenvalue weighted by Crippen LogP contribution is 1.95. The summed E-state index contributed by atoms with van der Waals surface area (Å²) in [5.74, 6) is 0.890. The molecular weight excluding hydrogens is 216 g/mol. The van der Waals surface area contributed by atoms with Crippen LogP contribution in [0.1, 0.15) is 18.1 Å². The Labute approximate surface area is 92.2 Å². The van der Waals surface area contributed by atoms with E-state index in [1.54, 1.807) is 6.92 Å². The topological polar surface area (TPSA) is 94.0 Å². The summed E-state index contributed by atoms with van der Waals surface area (Å²) in [5, 5.41) is 6.26. The lowest BCUT2D eigenvalue weighted by Crippen LogP contribution is -2.29. The van der Waals surface area contributed by atoms with Gasteiger partial charge in [0.2, 0.25) is 11.8 Å². The zero-order valence-corrected chi connectivity index (χ0v) is 9.13. The molecule has 3 N–H and O–H groups in total. The molecular formula is C8H12N4O2S. The summed E-state index contributed by atoms with van der Waals surface area (Å²) in [5.41, 5.74) is 5.21. The van der Waals surface area contributed by atoms with E-state index in [1.807, 2.05) is 0 Å². The van der Waals surface area contributed by atoms with Gasteiger partial charge in [-0.25, -0.2) is 0 Å². The van der Waals surface area contributed by atoms with Gasteiger partial charge in [-0.15, -0.1) is 0 Å². The second-order valence-corrected chi connectivity index (χ2v) is 3.50. The molecule has 0 radical (unpaired) electrons. The van der Waals surface area contributed by atoms with Crippen molar-refractivity contribution in [3.05, 3.63) is 11.7 Å². The van der Waals surface area contributed by atoms with Gasteiger partial charge in [0, 0.05) is 13.0 Å². The molecule has 1 rings (SSSR count). The maximum absolute atomic E-state index is 11.1. The number of nitrogens with one attached hydrogen (secondary N) is 1. The average molecular weight is 228 g/mol. The number of aromatic nitrogens is 2. The van der Waals surface area contributed by atoms with Crippen LogP contribution in [-0.2, 0) is 11.2 Å². The highest BCUT2D eigenvalue weighted by Gasteiger charge is 2.05. The maximum Gasteiger partial charge on any atom is 0.228 e. The normalized spacial score (nSPS) is 9.93. The lowest BCUT2D eigenvalue weighted by Gasteiger charge is -2.01. The average Bonchev–Trinajstić information content (AvgIpc) is 2.50. The molecule has 0 aromatic carbocycles. The number of carbonyl (C=O) groups excluding carboxylic acids is 1. The summed E-state index contributed by atoms with van der Waals surface area (Å²) < 4.78 is 4.86. The van der Waals surface area contributed by atoms with Crippen LogP contribution in [0.5, 0.6) is 0 Å². The van der Waals surface area contributed by atoms with Gasteiger partial charge in [0.15, 0.2) is 5.82 Å². The van der Waals surface area contributed by atoms with Gasteiger partial charge in [-0.3, -0.25) is 4.79 Å². The van der Waals surface area contributed by atoms with E-state index < -0.39 is 0 Å². The van der Waals surface area contributed by atoms with Crippen molar-refractivity contribution in [2.75, 3.05) is 6.54 Å². The van der Waals surface area contributed by atoms with Crippen LogP contribution in [0.25, 0.3) is 0 Å². The summed E-state index contributed by atoms with van der Waals surface area (Å²) in [6.07, 6.45) is 0.572. The third-order valence-corrected chi connectivity index (χ3v) is 1.71. The second kappa shape index (κ2) is 5.40. The third-order valence-electron chi connectivity index (χ3n) is 1.57. The molecule has 0 saturated heterocycles. The van der Waals surface area contributed by atoms with Gasteiger partial charge in [-0.05, 0) is 6.92 Å². The number of nitrogens with two attached hydrogens (primary N) is 1. The molecule has 1 heterocycles. The summed E-state index contributed by atoms with van der Waals surface area (Å²) in [6, 6.07) is 0. The second-order valence-electron chi connectivity index (χ2n) is 2.98. The van der Waals surface area contributed by atoms with Crippen LogP contribution in [0.15, 0.2) is 4.52 Å². The SMILES string of the molecule is Cc1noc(CCNC(=O)CC(N)=S)n1. The number of carbonyl (C=O) groups is 1. The fourth-order valence-electron chi connectivity index (χ4n) is 0.971. The molecule has 0 fully saturated rings. The zero-order valence-electron chi connectivity index (χ0n) is 8.32. The lowest BCUT2D eigenvalue weighted by atomic mass is 10.3. The van der Waals surface area contributed by atoms with Crippen LogP contribution in [0, 0.1) is 6.92 Å². The first-order valence-corrected chi connectivity index (χ1v) is 4.83. The molecule has 6 nitrogen and oxygen atoms in total. The van der Waals surface area contributed by atoms with E-state index in [1.165, 1.54) is 0 Å². The van der Waals surface area contributed by atoms with E-state index in [-0.39, 0.29) is 17.3 Å². The molecule has 0 unspecified atom stereocenters. The minimum Gasteiger partial charge on any atom is -0.393 e. The molecule has 0 spiro atoms. The van der Waals surface area contributed by atoms with Gasteiger partial charge in [0.1, 0.15) is 0 Å². The molecule has 82 valence electrons. The third kappa shape index (κ3) is 4.50. The Balaban J connectivity index is 2.22. The van der Waals surface area contributed by atoms with E-state index in [0.29, 0.717) is 24.7 Å². The molecule has 1 amide bonds. The van der Waals surface area contributed by atoms with Gasteiger partial charge < -0.3 is 15.6 Å². The van der Waals surface area contributed by atoms with Gasteiger partial charge in [-0.2, -0.15) is 4.98 Å². The smallest absolute Gasteiger partial charge is 0.228 e. The van der Waals surface area contributed by atoms with Crippen LogP contribution in [-0.4, -0.2) is 27.6 Å². The van der Waals surface area contributed by atoms with Crippen LogP contribution in [0.4, 0.5) is 0 Å². The maximum atomic E-state index is 11.1. The Morgan fingerprint density at radius 1 is 1.67 bits per heavy atom. The Morgan fingerprint density at radius 2 is 2.40 bits per heavy atom. The Hall–Kier alpha value is -1.50. The first-order chi connectivity index (χ1) is 7.08. The van der Waals surface area contributed by atoms with Gasteiger partial charge in [0.05, 0.1) is 11.4 Å². The largest absolute Gasteiger partial charge is 0.393 e. The van der Waals surface area contributed by atoms with E-state index in [9.17, 15) is 4.79 Å². The Morgan fingerprint density at radius 3 is 2.93 bits per heavy atom. The van der Waals surface area contributed by atoms with Gasteiger partial charge >= 0.3 is 0 Å². The molecule has 15 heavy (non-hydrogen) atoms. The van der Waals surface area contributed by atoms with Crippen molar-refractivity contribution >= 4 is 23.1 Å². The molecule has 0 bridgehead atoms. The molecule has 0 aliphatic heterocycles. The highest BCUT2D eigenvalue weighted by molar-refractivity contribution is 7.80. The minimum absolute atomic E-state index is 0.0677. The van der Waals surface area contributed by atoms with Crippen molar-refractivity contribution in [1.29, 1.82) is 0 Å². The monoisotopic (exact) mass is 228 g/mol. The lowest BCUT2D eigenvalue weighted by molar-refractivity contribution is -0.119. The highest BCUT2D eigenvalue weighted by atomic mass is 32.1. The van der Waals surface area contributed by atoms with E-state index in [4.69, 9.17) is 10.3 Å². The van der Waals surface area contributed by atoms with Crippen molar-refractivity contribution in [3.8, 4) is 0 Å². The molecule has 1 aromatic rings. The number of rotatable bonds is 5. The summed E-state index contributed by atoms with van der Waals surface area (Å²) in [7, 11) is 0. The van der Waals surface area contributed by atoms with E-state index >= 15 is 0 Å². The number of hydrogen-bond donors (Lipinski definition) is 2. The molecule has 0 aliphatic carbocycles. The number of amides is 1. The Kier molecular flexibility index (Phi) is 4.17. The van der Waals surface area contributed by atoms with Crippen molar-refractivity contribution in [2.45, 2.75) is 19.8 Å². The fourth-order valence-corrected chi connectivity index (χ4v) is 1.10. The zero-order chi connectivity index (χ0) is 11.3. The summed E-state index contributed by atoms with van der Waals surface area (Å²) in [6.45, 7) is 2.17. The molecule has 1 aromatic heterocycles. The Bertz CT molecular complexity index is 363. The predicted molar refractivity (Wildman–Crippen MR) is 57.2 cm³/mol. The number of thiocarbonyl (C=S) groups is 1. The van der Waals surface area contributed by atoms with Gasteiger partial charge in [-0.1, -0.05) is 17.4 Å². The van der Waals surface area contributed by atoms with Crippen molar-refractivity contribution in [3.63, 3.8) is 0 Å². The van der Waals surface area contributed by atoms with E-state index in [2.05, 4.69) is 27.7 Å². The van der Waals surface area contributed by atoms with Gasteiger partial charge in [0.25, 0.3) is 0 Å². The van der Waals surface area contributed by atoms with Crippen molar-refractivity contribution in [2.24, 2.45) is 5.73 Å². The fraction of sp³-hybridized carbons (Fsp3) is 0.500. The van der Waals surface area contributed by atoms with Crippen LogP contribution in [0.2, 0.25) is 0 Å². The first-order valence-electron chi connectivity index (χ1n) is 4.42. The molecule has 0 saturated carbocycles. The van der Waals surface area contributed by atoms with Crippen molar-refractivity contribution in [1.82, 2.24) is 15.5 Å². The van der Waals surface area contributed by atoms with Crippen LogP contribution < -0.4 is 11.1 Å². The quantitative estimate of drug-likeness (QED) is 0.673. The molecule has 7 heteroatoms. The number of nitrogens with zero attached hydrogens (tertiary/aromatic N) is 2. The van der Waals surface area contributed by atoms with Crippen LogP contribution >= 0.6 is 12.2 Å². The summed E-state index contributed by atoms with van der Waals surface area (Å²) >= 11 is 4.60. The number of aryl methyl sites for hydroxylation is 1. The van der Waals surface area contributed by atoms with E-state index in [0.717, 1.165) is 0 Å². The predicted octanol–water partition coefficient (Wildman–Crippen LogP) is -0.287. The summed E-state index contributed by atoms with van der Waals surface area (Å²) in [4.78, 5) is 15.3. The standard InChI is InChI=1S/C8H12N4O2S/c1-5-11-8(14-12-5)2-3-10-7(13)4-6(9)15/h2-4H2,1H3,(H2,9,15)(H,10,13). The molecule has 0 aliphatic rings. The first kappa shape index (κ1) is 11.6. The molecule has 0 atom stereocenters. The minimum atomic E-state index is -0.196. The van der Waals surface area contributed by atoms with Crippen LogP contribution in [0.3, 0.4) is 0 Å².